The molecule has 94 valence electrons. The second-order valence-electron chi connectivity index (χ2n) is 6.00. The van der Waals surface area contributed by atoms with Crippen LogP contribution in [0.1, 0.15) is 46.5 Å². The fourth-order valence-corrected chi connectivity index (χ4v) is 2.82. The summed E-state index contributed by atoms with van der Waals surface area (Å²) in [6, 6.07) is 0. The Morgan fingerprint density at radius 2 is 1.82 bits per heavy atom. The third kappa shape index (κ3) is 2.20. The zero-order valence-corrected chi connectivity index (χ0v) is 11.0. The lowest BCUT2D eigenvalue weighted by Crippen LogP contribution is -2.44. The molecule has 1 saturated carbocycles. The van der Waals surface area contributed by atoms with Crippen LogP contribution in [0.4, 0.5) is 0 Å². The average Bonchev–Trinajstić information content (AvgIpc) is 2.69. The van der Waals surface area contributed by atoms with Gasteiger partial charge in [0.1, 0.15) is 17.5 Å². The SMILES string of the molecule is CC(C)C1(C)CC(=O)C(C2=NCCC2)C(=O)C1. The van der Waals surface area contributed by atoms with E-state index >= 15 is 0 Å². The Hall–Kier alpha value is -0.990. The largest absolute Gasteiger partial charge is 0.298 e. The van der Waals surface area contributed by atoms with Gasteiger partial charge in [-0.1, -0.05) is 20.8 Å². The van der Waals surface area contributed by atoms with Gasteiger partial charge in [-0.15, -0.1) is 0 Å². The van der Waals surface area contributed by atoms with Gasteiger partial charge in [-0.25, -0.2) is 0 Å². The van der Waals surface area contributed by atoms with Gasteiger partial charge in [-0.05, 0) is 24.2 Å². The van der Waals surface area contributed by atoms with E-state index in [0.29, 0.717) is 18.8 Å². The summed E-state index contributed by atoms with van der Waals surface area (Å²) >= 11 is 0. The molecule has 0 saturated heterocycles. The molecule has 0 aromatic heterocycles. The summed E-state index contributed by atoms with van der Waals surface area (Å²) < 4.78 is 0. The van der Waals surface area contributed by atoms with Crippen molar-refractivity contribution in [1.29, 1.82) is 0 Å². The highest BCUT2D eigenvalue weighted by molar-refractivity contribution is 6.22. The van der Waals surface area contributed by atoms with Crippen LogP contribution in [0.15, 0.2) is 4.99 Å². The molecule has 0 amide bonds. The first-order valence-electron chi connectivity index (χ1n) is 6.53. The molecular formula is C14H21NO2. The lowest BCUT2D eigenvalue weighted by molar-refractivity contribution is -0.138. The van der Waals surface area contributed by atoms with Crippen LogP contribution >= 0.6 is 0 Å². The van der Waals surface area contributed by atoms with Crippen molar-refractivity contribution in [3.05, 3.63) is 0 Å². The molecule has 2 rings (SSSR count). The molecule has 1 fully saturated rings. The van der Waals surface area contributed by atoms with Crippen LogP contribution < -0.4 is 0 Å². The molecule has 1 aliphatic heterocycles. The fraction of sp³-hybridized carbons (Fsp3) is 0.786. The van der Waals surface area contributed by atoms with Gasteiger partial charge >= 0.3 is 0 Å². The Kier molecular flexibility index (Phi) is 3.19. The van der Waals surface area contributed by atoms with Crippen molar-refractivity contribution in [1.82, 2.24) is 0 Å². The first kappa shape index (κ1) is 12.5. The van der Waals surface area contributed by atoms with Gasteiger partial charge in [-0.2, -0.15) is 0 Å². The second-order valence-corrected chi connectivity index (χ2v) is 6.00. The van der Waals surface area contributed by atoms with Crippen molar-refractivity contribution < 1.29 is 9.59 Å². The zero-order valence-electron chi connectivity index (χ0n) is 11.0. The Morgan fingerprint density at radius 1 is 1.24 bits per heavy atom. The maximum atomic E-state index is 12.2. The molecule has 0 bridgehead atoms. The lowest BCUT2D eigenvalue weighted by atomic mass is 9.64. The van der Waals surface area contributed by atoms with E-state index in [-0.39, 0.29) is 17.0 Å². The predicted molar refractivity (Wildman–Crippen MR) is 67.2 cm³/mol. The number of ketones is 2. The molecule has 3 heteroatoms. The van der Waals surface area contributed by atoms with E-state index in [4.69, 9.17) is 0 Å². The molecule has 0 N–H and O–H groups in total. The molecule has 0 aromatic rings. The zero-order chi connectivity index (χ0) is 12.6. The number of aliphatic imine (C=N–C) groups is 1. The minimum absolute atomic E-state index is 0.0955. The summed E-state index contributed by atoms with van der Waals surface area (Å²) in [7, 11) is 0. The van der Waals surface area contributed by atoms with Crippen LogP contribution in [0.25, 0.3) is 0 Å². The van der Waals surface area contributed by atoms with Crippen LogP contribution in [-0.4, -0.2) is 23.8 Å². The molecule has 0 radical (unpaired) electrons. The number of nitrogens with zero attached hydrogens (tertiary/aromatic N) is 1. The number of carbonyl (C=O) groups is 2. The lowest BCUT2D eigenvalue weighted by Gasteiger charge is -2.38. The van der Waals surface area contributed by atoms with E-state index in [0.717, 1.165) is 25.1 Å². The van der Waals surface area contributed by atoms with Gasteiger partial charge in [0.15, 0.2) is 0 Å². The molecule has 1 heterocycles. The first-order chi connectivity index (χ1) is 7.94. The smallest absolute Gasteiger partial charge is 0.149 e. The highest BCUT2D eigenvalue weighted by Gasteiger charge is 2.45. The maximum Gasteiger partial charge on any atom is 0.149 e. The molecule has 0 aromatic carbocycles. The number of hydrogen-bond acceptors (Lipinski definition) is 3. The molecule has 0 atom stereocenters. The number of hydrogen-bond donors (Lipinski definition) is 0. The summed E-state index contributed by atoms with van der Waals surface area (Å²) in [6.45, 7) is 7.02. The van der Waals surface area contributed by atoms with E-state index in [9.17, 15) is 9.59 Å². The fourth-order valence-electron chi connectivity index (χ4n) is 2.82. The Labute approximate surface area is 103 Å². The van der Waals surface area contributed by atoms with Gasteiger partial charge in [0, 0.05) is 25.1 Å². The van der Waals surface area contributed by atoms with Gasteiger partial charge in [0.2, 0.25) is 0 Å². The van der Waals surface area contributed by atoms with Crippen LogP contribution in [0.5, 0.6) is 0 Å². The Morgan fingerprint density at radius 3 is 2.24 bits per heavy atom. The van der Waals surface area contributed by atoms with Gasteiger partial charge in [0.05, 0.1) is 0 Å². The third-order valence-electron chi connectivity index (χ3n) is 4.43. The van der Waals surface area contributed by atoms with Gasteiger partial charge < -0.3 is 0 Å². The van der Waals surface area contributed by atoms with Gasteiger partial charge in [0.25, 0.3) is 0 Å². The molecule has 3 nitrogen and oxygen atoms in total. The minimum atomic E-state index is -0.496. The average molecular weight is 235 g/mol. The van der Waals surface area contributed by atoms with Crippen molar-refractivity contribution in [2.45, 2.75) is 46.5 Å². The molecule has 2 aliphatic rings. The van der Waals surface area contributed by atoms with E-state index in [1.54, 1.807) is 0 Å². The van der Waals surface area contributed by atoms with Crippen molar-refractivity contribution in [3.63, 3.8) is 0 Å². The maximum absolute atomic E-state index is 12.2. The molecule has 1 aliphatic carbocycles. The van der Waals surface area contributed by atoms with Crippen molar-refractivity contribution in [2.75, 3.05) is 6.54 Å². The summed E-state index contributed by atoms with van der Waals surface area (Å²) in [6.07, 6.45) is 2.88. The number of carbonyl (C=O) groups excluding carboxylic acids is 2. The van der Waals surface area contributed by atoms with E-state index in [1.807, 2.05) is 0 Å². The standard InChI is InChI=1S/C14H21NO2/c1-9(2)14(3)7-11(16)13(12(17)8-14)10-5-4-6-15-10/h9,13H,4-8H2,1-3H3. The van der Waals surface area contributed by atoms with E-state index in [1.165, 1.54) is 0 Å². The van der Waals surface area contributed by atoms with Crippen LogP contribution in [0.2, 0.25) is 0 Å². The Balaban J connectivity index is 2.20. The van der Waals surface area contributed by atoms with E-state index < -0.39 is 5.92 Å². The molecule has 17 heavy (non-hydrogen) atoms. The third-order valence-corrected chi connectivity index (χ3v) is 4.43. The van der Waals surface area contributed by atoms with Crippen LogP contribution in [0.3, 0.4) is 0 Å². The van der Waals surface area contributed by atoms with Crippen LogP contribution in [-0.2, 0) is 9.59 Å². The van der Waals surface area contributed by atoms with Crippen molar-refractivity contribution in [3.8, 4) is 0 Å². The van der Waals surface area contributed by atoms with Crippen molar-refractivity contribution in [2.24, 2.45) is 22.2 Å². The first-order valence-corrected chi connectivity index (χ1v) is 6.53. The normalized spacial score (nSPS) is 34.4. The summed E-state index contributed by atoms with van der Waals surface area (Å²) in [5.41, 5.74) is 0.704. The number of rotatable bonds is 2. The summed E-state index contributed by atoms with van der Waals surface area (Å²) in [5.74, 6) is 0.0578. The van der Waals surface area contributed by atoms with Crippen molar-refractivity contribution >= 4 is 17.3 Å². The molecule has 0 spiro atoms. The predicted octanol–water partition coefficient (Wildman–Crippen LogP) is 2.43. The second kappa shape index (κ2) is 4.35. The molecule has 0 unspecified atom stereocenters. The molecular weight excluding hydrogens is 214 g/mol. The van der Waals surface area contributed by atoms with Crippen LogP contribution in [0, 0.1) is 17.3 Å². The van der Waals surface area contributed by atoms with E-state index in [2.05, 4.69) is 25.8 Å². The number of Topliss-reactive ketones (excluding diaryl/α,β-unsaturated/α-hetero) is 2. The minimum Gasteiger partial charge on any atom is -0.298 e. The summed E-state index contributed by atoms with van der Waals surface area (Å²) in [5, 5.41) is 0. The van der Waals surface area contributed by atoms with Gasteiger partial charge in [-0.3, -0.25) is 14.6 Å². The monoisotopic (exact) mass is 235 g/mol. The Bertz CT molecular complexity index is 364. The summed E-state index contributed by atoms with van der Waals surface area (Å²) in [4.78, 5) is 28.7. The highest BCUT2D eigenvalue weighted by atomic mass is 16.2. The highest BCUT2D eigenvalue weighted by Crippen LogP contribution is 2.41. The topological polar surface area (TPSA) is 46.5 Å². The quantitative estimate of drug-likeness (QED) is 0.690.